The highest BCUT2D eigenvalue weighted by molar-refractivity contribution is 6.33. The van der Waals surface area contributed by atoms with Crippen molar-refractivity contribution in [2.75, 3.05) is 13.2 Å². The Morgan fingerprint density at radius 1 is 1.50 bits per heavy atom. The van der Waals surface area contributed by atoms with E-state index in [1.807, 2.05) is 22.7 Å². The minimum atomic E-state index is 0.421. The molecule has 2 aromatic rings. The predicted molar refractivity (Wildman–Crippen MR) is 63.0 cm³/mol. The number of hydrogen-bond acceptors (Lipinski definition) is 2. The van der Waals surface area contributed by atoms with Crippen LogP contribution in [0.5, 0.6) is 0 Å². The average molecular weight is 237 g/mol. The second kappa shape index (κ2) is 4.07. The normalized spacial score (nSPS) is 21.4. The molecule has 0 aliphatic carbocycles. The lowest BCUT2D eigenvalue weighted by Crippen LogP contribution is -2.15. The minimum absolute atomic E-state index is 0.421. The zero-order valence-electron chi connectivity index (χ0n) is 8.90. The lowest BCUT2D eigenvalue weighted by molar-refractivity contribution is 0.0794. The van der Waals surface area contributed by atoms with Crippen molar-refractivity contribution >= 4 is 17.2 Å². The fourth-order valence-electron chi connectivity index (χ4n) is 2.17. The summed E-state index contributed by atoms with van der Waals surface area (Å²) in [5, 5.41) is 0.700. The molecule has 1 saturated heterocycles. The van der Waals surface area contributed by atoms with E-state index in [0.717, 1.165) is 37.4 Å². The van der Waals surface area contributed by atoms with Gasteiger partial charge in [-0.25, -0.2) is 4.98 Å². The quantitative estimate of drug-likeness (QED) is 0.761. The van der Waals surface area contributed by atoms with E-state index in [1.165, 1.54) is 0 Å². The molecule has 1 aliphatic rings. The van der Waals surface area contributed by atoms with Gasteiger partial charge in [-0.05, 0) is 25.0 Å². The van der Waals surface area contributed by atoms with Crippen LogP contribution in [0, 0.1) is 0 Å². The second-order valence-electron chi connectivity index (χ2n) is 4.17. The Bertz CT molecular complexity index is 503. The number of halogens is 1. The molecule has 0 spiro atoms. The lowest BCUT2D eigenvalue weighted by Gasteiger charge is -2.19. The van der Waals surface area contributed by atoms with E-state index in [9.17, 15) is 0 Å². The molecule has 4 heteroatoms. The van der Waals surface area contributed by atoms with Crippen molar-refractivity contribution in [1.82, 2.24) is 9.38 Å². The first-order chi connectivity index (χ1) is 7.84. The molecule has 0 bridgehead atoms. The number of aromatic nitrogens is 2. The van der Waals surface area contributed by atoms with Gasteiger partial charge in [-0.3, -0.25) is 0 Å². The van der Waals surface area contributed by atoms with Gasteiger partial charge in [-0.15, -0.1) is 0 Å². The van der Waals surface area contributed by atoms with Crippen LogP contribution in [0.2, 0.25) is 5.02 Å². The van der Waals surface area contributed by atoms with Crippen LogP contribution in [0.4, 0.5) is 0 Å². The van der Waals surface area contributed by atoms with Crippen molar-refractivity contribution in [3.8, 4) is 0 Å². The third-order valence-corrected chi connectivity index (χ3v) is 3.33. The number of nitrogens with zero attached hydrogens (tertiary/aromatic N) is 2. The summed E-state index contributed by atoms with van der Waals surface area (Å²) in [7, 11) is 0. The molecule has 1 atom stereocenters. The van der Waals surface area contributed by atoms with Crippen LogP contribution in [0.15, 0.2) is 24.5 Å². The fraction of sp³-hybridized carbons (Fsp3) is 0.417. The number of fused-ring (bicyclic) bond motifs is 1. The van der Waals surface area contributed by atoms with E-state index in [0.29, 0.717) is 10.9 Å². The molecule has 3 heterocycles. The number of ether oxygens (including phenoxy) is 1. The molecule has 1 fully saturated rings. The fourth-order valence-corrected chi connectivity index (χ4v) is 2.38. The number of hydrogen-bond donors (Lipinski definition) is 0. The smallest absolute Gasteiger partial charge is 0.155 e. The van der Waals surface area contributed by atoms with Crippen molar-refractivity contribution in [2.24, 2.45) is 0 Å². The minimum Gasteiger partial charge on any atom is -0.381 e. The SMILES string of the molecule is Clc1cccn2cc(C3CCCOC3)nc12. The van der Waals surface area contributed by atoms with Gasteiger partial charge in [0, 0.05) is 24.9 Å². The van der Waals surface area contributed by atoms with Crippen LogP contribution in [0.1, 0.15) is 24.5 Å². The van der Waals surface area contributed by atoms with Crippen LogP contribution in [0.25, 0.3) is 5.65 Å². The van der Waals surface area contributed by atoms with Crippen molar-refractivity contribution in [1.29, 1.82) is 0 Å². The molecule has 0 saturated carbocycles. The molecule has 3 rings (SSSR count). The summed E-state index contributed by atoms with van der Waals surface area (Å²) in [6.07, 6.45) is 6.30. The first kappa shape index (κ1) is 10.1. The second-order valence-corrected chi connectivity index (χ2v) is 4.57. The third-order valence-electron chi connectivity index (χ3n) is 3.03. The largest absolute Gasteiger partial charge is 0.381 e. The van der Waals surface area contributed by atoms with Crippen LogP contribution >= 0.6 is 11.6 Å². The van der Waals surface area contributed by atoms with Gasteiger partial charge in [0.15, 0.2) is 5.65 Å². The molecule has 0 N–H and O–H groups in total. The van der Waals surface area contributed by atoms with E-state index in [1.54, 1.807) is 0 Å². The zero-order valence-corrected chi connectivity index (χ0v) is 9.65. The van der Waals surface area contributed by atoms with E-state index in [2.05, 4.69) is 11.2 Å². The van der Waals surface area contributed by atoms with Gasteiger partial charge < -0.3 is 9.14 Å². The summed E-state index contributed by atoms with van der Waals surface area (Å²) in [6, 6.07) is 3.79. The molecule has 2 aromatic heterocycles. The third kappa shape index (κ3) is 1.70. The maximum absolute atomic E-state index is 6.09. The van der Waals surface area contributed by atoms with Gasteiger partial charge in [0.25, 0.3) is 0 Å². The van der Waals surface area contributed by atoms with Gasteiger partial charge in [0.05, 0.1) is 17.3 Å². The Hall–Kier alpha value is -1.06. The average Bonchev–Trinajstić information content (AvgIpc) is 2.76. The Morgan fingerprint density at radius 2 is 2.44 bits per heavy atom. The standard InChI is InChI=1S/C12H13ClN2O/c13-10-4-1-5-15-7-11(14-12(10)15)9-3-2-6-16-8-9/h1,4-5,7,9H,2-3,6,8H2. The van der Waals surface area contributed by atoms with Gasteiger partial charge in [0.2, 0.25) is 0 Å². The molecule has 84 valence electrons. The maximum atomic E-state index is 6.09. The predicted octanol–water partition coefficient (Wildman–Crippen LogP) is 2.88. The first-order valence-electron chi connectivity index (χ1n) is 5.55. The van der Waals surface area contributed by atoms with Crippen molar-refractivity contribution in [3.05, 3.63) is 35.2 Å². The highest BCUT2D eigenvalue weighted by Gasteiger charge is 2.19. The summed E-state index contributed by atoms with van der Waals surface area (Å²) >= 11 is 6.09. The number of pyridine rings is 1. The molecule has 0 aromatic carbocycles. The zero-order chi connectivity index (χ0) is 11.0. The Balaban J connectivity index is 2.01. The molecule has 0 radical (unpaired) electrons. The maximum Gasteiger partial charge on any atom is 0.155 e. The summed E-state index contributed by atoms with van der Waals surface area (Å²) in [5.41, 5.74) is 1.93. The Labute approximate surface area is 99.0 Å². The van der Waals surface area contributed by atoms with E-state index in [4.69, 9.17) is 16.3 Å². The van der Waals surface area contributed by atoms with Crippen molar-refractivity contribution in [2.45, 2.75) is 18.8 Å². The molecule has 0 amide bonds. The molecular weight excluding hydrogens is 224 g/mol. The summed E-state index contributed by atoms with van der Waals surface area (Å²) < 4.78 is 7.46. The highest BCUT2D eigenvalue weighted by atomic mass is 35.5. The van der Waals surface area contributed by atoms with E-state index >= 15 is 0 Å². The van der Waals surface area contributed by atoms with Crippen molar-refractivity contribution in [3.63, 3.8) is 0 Å². The topological polar surface area (TPSA) is 26.5 Å². The Morgan fingerprint density at radius 3 is 3.19 bits per heavy atom. The van der Waals surface area contributed by atoms with Gasteiger partial charge in [-0.2, -0.15) is 0 Å². The molecule has 3 nitrogen and oxygen atoms in total. The van der Waals surface area contributed by atoms with Gasteiger partial charge in [0.1, 0.15) is 0 Å². The van der Waals surface area contributed by atoms with Crippen molar-refractivity contribution < 1.29 is 4.74 Å². The highest BCUT2D eigenvalue weighted by Crippen LogP contribution is 2.26. The molecule has 1 aliphatic heterocycles. The van der Waals surface area contributed by atoms with E-state index < -0.39 is 0 Å². The van der Waals surface area contributed by atoms with Crippen LogP contribution in [-0.4, -0.2) is 22.6 Å². The lowest BCUT2D eigenvalue weighted by atomic mass is 9.99. The number of rotatable bonds is 1. The first-order valence-corrected chi connectivity index (χ1v) is 5.93. The Kier molecular flexibility index (Phi) is 2.58. The summed E-state index contributed by atoms with van der Waals surface area (Å²) in [5.74, 6) is 0.421. The monoisotopic (exact) mass is 236 g/mol. The van der Waals surface area contributed by atoms with Crippen LogP contribution in [-0.2, 0) is 4.74 Å². The van der Waals surface area contributed by atoms with Crippen LogP contribution < -0.4 is 0 Å². The van der Waals surface area contributed by atoms with E-state index in [-0.39, 0.29) is 0 Å². The molecule has 1 unspecified atom stereocenters. The number of imidazole rings is 1. The summed E-state index contributed by atoms with van der Waals surface area (Å²) in [6.45, 7) is 1.66. The van der Waals surface area contributed by atoms with Gasteiger partial charge in [-0.1, -0.05) is 11.6 Å². The van der Waals surface area contributed by atoms with Gasteiger partial charge >= 0.3 is 0 Å². The summed E-state index contributed by atoms with van der Waals surface area (Å²) in [4.78, 5) is 4.59. The molecular formula is C12H13ClN2O. The molecule has 16 heavy (non-hydrogen) atoms. The van der Waals surface area contributed by atoms with Crippen LogP contribution in [0.3, 0.4) is 0 Å².